The van der Waals surface area contributed by atoms with Crippen molar-refractivity contribution in [3.05, 3.63) is 35.9 Å². The van der Waals surface area contributed by atoms with E-state index in [-0.39, 0.29) is 6.10 Å². The number of hydrogen-bond donors (Lipinski definition) is 1. The van der Waals surface area contributed by atoms with Gasteiger partial charge in [-0.15, -0.1) is 0 Å². The lowest BCUT2D eigenvalue weighted by Crippen LogP contribution is -2.29. The van der Waals surface area contributed by atoms with Crippen molar-refractivity contribution in [1.29, 1.82) is 0 Å². The van der Waals surface area contributed by atoms with Gasteiger partial charge in [0.15, 0.2) is 0 Å². The molecule has 1 atom stereocenters. The van der Waals surface area contributed by atoms with E-state index in [1.165, 1.54) is 5.56 Å². The smallest absolute Gasteiger partial charge is 0.0930 e. The van der Waals surface area contributed by atoms with Crippen LogP contribution in [0.3, 0.4) is 0 Å². The standard InChI is InChI=1S/C14H23NO2/c1-2-17-14(11-15)12-16-10-6-9-13-7-4-3-5-8-13/h3-5,7-8,14H,2,6,9-12,15H2,1H3. The second kappa shape index (κ2) is 9.16. The van der Waals surface area contributed by atoms with Crippen molar-refractivity contribution >= 4 is 0 Å². The minimum absolute atomic E-state index is 0.0386. The van der Waals surface area contributed by atoms with Gasteiger partial charge in [-0.25, -0.2) is 0 Å². The van der Waals surface area contributed by atoms with Gasteiger partial charge >= 0.3 is 0 Å². The molecular weight excluding hydrogens is 214 g/mol. The topological polar surface area (TPSA) is 44.5 Å². The van der Waals surface area contributed by atoms with Crippen molar-refractivity contribution in [3.8, 4) is 0 Å². The fourth-order valence-corrected chi connectivity index (χ4v) is 1.66. The van der Waals surface area contributed by atoms with Gasteiger partial charge in [-0.05, 0) is 25.3 Å². The first-order valence-electron chi connectivity index (χ1n) is 6.30. The van der Waals surface area contributed by atoms with Crippen LogP contribution in [0.15, 0.2) is 30.3 Å². The van der Waals surface area contributed by atoms with Crippen molar-refractivity contribution in [3.63, 3.8) is 0 Å². The minimum Gasteiger partial charge on any atom is -0.379 e. The highest BCUT2D eigenvalue weighted by molar-refractivity contribution is 5.14. The Labute approximate surface area is 104 Å². The molecule has 1 aromatic carbocycles. The molecule has 1 unspecified atom stereocenters. The molecule has 1 aromatic rings. The van der Waals surface area contributed by atoms with Crippen LogP contribution in [-0.2, 0) is 15.9 Å². The lowest BCUT2D eigenvalue weighted by Gasteiger charge is -2.14. The predicted molar refractivity (Wildman–Crippen MR) is 70.1 cm³/mol. The Balaban J connectivity index is 2.04. The van der Waals surface area contributed by atoms with Crippen LogP contribution in [0.5, 0.6) is 0 Å². The number of hydrogen-bond acceptors (Lipinski definition) is 3. The first-order valence-corrected chi connectivity index (χ1v) is 6.30. The first kappa shape index (κ1) is 14.2. The molecule has 0 saturated carbocycles. The number of aryl methyl sites for hydroxylation is 1. The number of nitrogens with two attached hydrogens (primary N) is 1. The van der Waals surface area contributed by atoms with Gasteiger partial charge in [0.05, 0.1) is 12.7 Å². The Morgan fingerprint density at radius 3 is 2.65 bits per heavy atom. The molecule has 1 rings (SSSR count). The summed E-state index contributed by atoms with van der Waals surface area (Å²) in [5.41, 5.74) is 6.92. The molecule has 0 fully saturated rings. The van der Waals surface area contributed by atoms with Crippen molar-refractivity contribution in [2.45, 2.75) is 25.9 Å². The Hall–Kier alpha value is -0.900. The normalized spacial score (nSPS) is 12.6. The Bertz CT molecular complexity index is 277. The molecule has 0 aliphatic carbocycles. The van der Waals surface area contributed by atoms with Crippen LogP contribution in [0.4, 0.5) is 0 Å². The maximum absolute atomic E-state index is 5.56. The van der Waals surface area contributed by atoms with Gasteiger partial charge in [-0.1, -0.05) is 30.3 Å². The van der Waals surface area contributed by atoms with E-state index >= 15 is 0 Å². The number of ether oxygens (including phenoxy) is 2. The van der Waals surface area contributed by atoms with Crippen molar-refractivity contribution in [2.24, 2.45) is 5.73 Å². The van der Waals surface area contributed by atoms with Crippen LogP contribution in [-0.4, -0.2) is 32.5 Å². The third-order valence-corrected chi connectivity index (χ3v) is 2.57. The Morgan fingerprint density at radius 2 is 2.00 bits per heavy atom. The van der Waals surface area contributed by atoms with Crippen LogP contribution in [0.2, 0.25) is 0 Å². The summed E-state index contributed by atoms with van der Waals surface area (Å²) in [6.45, 7) is 4.54. The zero-order valence-electron chi connectivity index (χ0n) is 10.6. The molecule has 0 aliphatic heterocycles. The zero-order chi connectivity index (χ0) is 12.3. The van der Waals surface area contributed by atoms with E-state index in [0.717, 1.165) is 19.4 Å². The quantitative estimate of drug-likeness (QED) is 0.668. The van der Waals surface area contributed by atoms with Gasteiger partial charge in [-0.3, -0.25) is 0 Å². The molecule has 2 N–H and O–H groups in total. The third-order valence-electron chi connectivity index (χ3n) is 2.57. The Morgan fingerprint density at radius 1 is 1.24 bits per heavy atom. The summed E-state index contributed by atoms with van der Waals surface area (Å²) >= 11 is 0. The van der Waals surface area contributed by atoms with Crippen molar-refractivity contribution in [2.75, 3.05) is 26.4 Å². The molecule has 17 heavy (non-hydrogen) atoms. The summed E-state index contributed by atoms with van der Waals surface area (Å²) in [6.07, 6.45) is 2.13. The summed E-state index contributed by atoms with van der Waals surface area (Å²) < 4.78 is 11.0. The molecule has 0 radical (unpaired) electrons. The van der Waals surface area contributed by atoms with Gasteiger partial charge in [0.25, 0.3) is 0 Å². The second-order valence-electron chi connectivity index (χ2n) is 3.98. The minimum atomic E-state index is 0.0386. The summed E-state index contributed by atoms with van der Waals surface area (Å²) in [4.78, 5) is 0. The summed E-state index contributed by atoms with van der Waals surface area (Å²) in [5.74, 6) is 0. The van der Waals surface area contributed by atoms with Gasteiger partial charge in [0.1, 0.15) is 0 Å². The highest BCUT2D eigenvalue weighted by Gasteiger charge is 2.05. The Kier molecular flexibility index (Phi) is 7.63. The van der Waals surface area contributed by atoms with Crippen LogP contribution in [0.25, 0.3) is 0 Å². The van der Waals surface area contributed by atoms with Gasteiger partial charge in [-0.2, -0.15) is 0 Å². The third kappa shape index (κ3) is 6.41. The molecule has 3 heteroatoms. The van der Waals surface area contributed by atoms with E-state index in [4.69, 9.17) is 15.2 Å². The van der Waals surface area contributed by atoms with E-state index in [1.54, 1.807) is 0 Å². The summed E-state index contributed by atoms with van der Waals surface area (Å²) in [7, 11) is 0. The molecule has 0 aromatic heterocycles. The summed E-state index contributed by atoms with van der Waals surface area (Å²) in [6, 6.07) is 10.4. The first-order chi connectivity index (χ1) is 8.36. The van der Waals surface area contributed by atoms with E-state index < -0.39 is 0 Å². The van der Waals surface area contributed by atoms with Crippen LogP contribution in [0.1, 0.15) is 18.9 Å². The number of benzene rings is 1. The van der Waals surface area contributed by atoms with Crippen molar-refractivity contribution < 1.29 is 9.47 Å². The molecule has 3 nitrogen and oxygen atoms in total. The lowest BCUT2D eigenvalue weighted by atomic mass is 10.1. The van der Waals surface area contributed by atoms with Gasteiger partial charge in [0.2, 0.25) is 0 Å². The monoisotopic (exact) mass is 237 g/mol. The molecule has 0 spiro atoms. The summed E-state index contributed by atoms with van der Waals surface area (Å²) in [5, 5.41) is 0. The van der Waals surface area contributed by atoms with E-state index in [2.05, 4.69) is 24.3 Å². The van der Waals surface area contributed by atoms with E-state index in [9.17, 15) is 0 Å². The maximum atomic E-state index is 5.56. The average Bonchev–Trinajstić information content (AvgIpc) is 2.38. The van der Waals surface area contributed by atoms with Gasteiger partial charge in [0, 0.05) is 19.8 Å². The zero-order valence-corrected chi connectivity index (χ0v) is 10.6. The maximum Gasteiger partial charge on any atom is 0.0930 e. The fraction of sp³-hybridized carbons (Fsp3) is 0.571. The average molecular weight is 237 g/mol. The van der Waals surface area contributed by atoms with Crippen LogP contribution in [0, 0.1) is 0 Å². The molecule has 96 valence electrons. The molecular formula is C14H23NO2. The molecule has 0 aliphatic rings. The van der Waals surface area contributed by atoms with Crippen molar-refractivity contribution in [1.82, 2.24) is 0 Å². The van der Waals surface area contributed by atoms with Crippen LogP contribution >= 0.6 is 0 Å². The second-order valence-corrected chi connectivity index (χ2v) is 3.98. The lowest BCUT2D eigenvalue weighted by molar-refractivity contribution is -0.00691. The molecule has 0 heterocycles. The van der Waals surface area contributed by atoms with E-state index in [1.807, 2.05) is 13.0 Å². The van der Waals surface area contributed by atoms with E-state index in [0.29, 0.717) is 19.8 Å². The number of rotatable bonds is 9. The SMILES string of the molecule is CCOC(CN)COCCCc1ccccc1. The molecule has 0 saturated heterocycles. The van der Waals surface area contributed by atoms with Gasteiger partial charge < -0.3 is 15.2 Å². The highest BCUT2D eigenvalue weighted by Crippen LogP contribution is 2.02. The van der Waals surface area contributed by atoms with Crippen LogP contribution < -0.4 is 5.73 Å². The molecule has 0 bridgehead atoms. The predicted octanol–water partition coefficient (Wildman–Crippen LogP) is 2.00. The molecule has 0 amide bonds. The largest absolute Gasteiger partial charge is 0.379 e. The fourth-order valence-electron chi connectivity index (χ4n) is 1.66. The highest BCUT2D eigenvalue weighted by atomic mass is 16.5.